The maximum absolute atomic E-state index is 4.35. The number of nitrogens with one attached hydrogen (secondary N) is 1. The van der Waals surface area contributed by atoms with Crippen LogP contribution in [0.5, 0.6) is 0 Å². The lowest BCUT2D eigenvalue weighted by Gasteiger charge is -2.26. The van der Waals surface area contributed by atoms with Crippen molar-refractivity contribution in [2.45, 2.75) is 26.3 Å². The Morgan fingerprint density at radius 2 is 2.46 bits per heavy atom. The predicted molar refractivity (Wildman–Crippen MR) is 52.6 cm³/mol. The Morgan fingerprint density at radius 3 is 3.08 bits per heavy atom. The fourth-order valence-electron chi connectivity index (χ4n) is 1.67. The summed E-state index contributed by atoms with van der Waals surface area (Å²) in [5, 5.41) is 7.62. The summed E-state index contributed by atoms with van der Waals surface area (Å²) >= 11 is 0. The first-order valence-corrected chi connectivity index (χ1v) is 5.10. The largest absolute Gasteiger partial charge is 0.316 e. The molecule has 1 saturated heterocycles. The number of aromatic nitrogens is 2. The molecule has 0 saturated carbocycles. The lowest BCUT2D eigenvalue weighted by molar-refractivity contribution is 0.295. The number of aryl methyl sites for hydroxylation is 1. The minimum atomic E-state index is 0.800. The molecule has 0 aliphatic carbocycles. The zero-order valence-corrected chi connectivity index (χ0v) is 8.16. The molecule has 0 unspecified atom stereocenters. The number of hydrogen-bond donors (Lipinski definition) is 1. The van der Waals surface area contributed by atoms with E-state index in [0.717, 1.165) is 32.0 Å². The monoisotopic (exact) mass is 179 g/mol. The second-order valence-corrected chi connectivity index (χ2v) is 3.84. The van der Waals surface area contributed by atoms with E-state index in [4.69, 9.17) is 0 Å². The van der Waals surface area contributed by atoms with Crippen LogP contribution in [-0.4, -0.2) is 22.9 Å². The van der Waals surface area contributed by atoms with Crippen molar-refractivity contribution < 1.29 is 0 Å². The molecule has 0 radical (unpaired) electrons. The predicted octanol–water partition coefficient (Wildman–Crippen LogP) is 1.05. The molecular weight excluding hydrogens is 162 g/mol. The van der Waals surface area contributed by atoms with E-state index in [-0.39, 0.29) is 0 Å². The molecule has 13 heavy (non-hydrogen) atoms. The summed E-state index contributed by atoms with van der Waals surface area (Å²) in [6.45, 7) is 5.59. The molecule has 3 nitrogen and oxygen atoms in total. The first-order chi connectivity index (χ1) is 6.38. The van der Waals surface area contributed by atoms with Crippen molar-refractivity contribution in [2.75, 3.05) is 13.1 Å². The molecule has 1 aliphatic rings. The smallest absolute Gasteiger partial charge is 0.0521 e. The molecule has 1 aromatic rings. The Kier molecular flexibility index (Phi) is 2.64. The van der Waals surface area contributed by atoms with Crippen LogP contribution in [0.2, 0.25) is 0 Å². The zero-order chi connectivity index (χ0) is 9.10. The maximum atomic E-state index is 4.35. The number of rotatable bonds is 4. The van der Waals surface area contributed by atoms with E-state index >= 15 is 0 Å². The van der Waals surface area contributed by atoms with Crippen LogP contribution in [0.25, 0.3) is 0 Å². The molecule has 1 aliphatic heterocycles. The average molecular weight is 179 g/mol. The molecular formula is C10H17N3. The Labute approximate surface area is 79.1 Å². The molecule has 72 valence electrons. The van der Waals surface area contributed by atoms with Crippen LogP contribution < -0.4 is 5.32 Å². The van der Waals surface area contributed by atoms with Crippen LogP contribution in [0, 0.1) is 5.92 Å². The van der Waals surface area contributed by atoms with Gasteiger partial charge in [-0.3, -0.25) is 4.68 Å². The molecule has 1 N–H and O–H groups in total. The van der Waals surface area contributed by atoms with E-state index in [0.29, 0.717) is 0 Å². The minimum absolute atomic E-state index is 0.800. The molecule has 2 rings (SSSR count). The molecule has 0 spiro atoms. The first kappa shape index (κ1) is 8.75. The van der Waals surface area contributed by atoms with E-state index < -0.39 is 0 Å². The topological polar surface area (TPSA) is 29.9 Å². The summed E-state index contributed by atoms with van der Waals surface area (Å²) in [6.07, 6.45) is 6.54. The van der Waals surface area contributed by atoms with Gasteiger partial charge in [0.1, 0.15) is 0 Å². The van der Waals surface area contributed by atoms with E-state index in [1.54, 1.807) is 0 Å². The summed E-state index contributed by atoms with van der Waals surface area (Å²) in [5.41, 5.74) is 1.37. The highest BCUT2D eigenvalue weighted by molar-refractivity contribution is 5.03. The number of hydrogen-bond acceptors (Lipinski definition) is 2. The molecule has 0 bridgehead atoms. The zero-order valence-electron chi connectivity index (χ0n) is 8.16. The highest BCUT2D eigenvalue weighted by atomic mass is 15.3. The highest BCUT2D eigenvalue weighted by Gasteiger charge is 2.17. The molecule has 1 fully saturated rings. The van der Waals surface area contributed by atoms with Gasteiger partial charge in [0.2, 0.25) is 0 Å². The van der Waals surface area contributed by atoms with Gasteiger partial charge >= 0.3 is 0 Å². The average Bonchev–Trinajstić information content (AvgIpc) is 2.46. The van der Waals surface area contributed by atoms with Crippen LogP contribution in [0.15, 0.2) is 12.4 Å². The van der Waals surface area contributed by atoms with Gasteiger partial charge in [0.25, 0.3) is 0 Å². The third kappa shape index (κ3) is 2.10. The lowest BCUT2D eigenvalue weighted by atomic mass is 10.0. The fourth-order valence-corrected chi connectivity index (χ4v) is 1.67. The van der Waals surface area contributed by atoms with Crippen molar-refractivity contribution >= 4 is 0 Å². The van der Waals surface area contributed by atoms with Crippen LogP contribution in [0.3, 0.4) is 0 Å². The van der Waals surface area contributed by atoms with Gasteiger partial charge in [-0.05, 0) is 12.0 Å². The van der Waals surface area contributed by atoms with Crippen molar-refractivity contribution in [3.8, 4) is 0 Å². The van der Waals surface area contributed by atoms with Crippen LogP contribution in [0.1, 0.15) is 18.9 Å². The van der Waals surface area contributed by atoms with Crippen molar-refractivity contribution in [3.63, 3.8) is 0 Å². The normalized spacial score (nSPS) is 17.3. The Balaban J connectivity index is 1.88. The molecule has 2 heterocycles. The standard InChI is InChI=1S/C10H17N3/c1-2-3-9-6-12-13(7-9)8-10-4-11-5-10/h6-7,10-11H,2-5,8H2,1H3. The molecule has 1 aromatic heterocycles. The highest BCUT2D eigenvalue weighted by Crippen LogP contribution is 2.08. The van der Waals surface area contributed by atoms with Crippen molar-refractivity contribution in [1.29, 1.82) is 0 Å². The van der Waals surface area contributed by atoms with Crippen molar-refractivity contribution in [1.82, 2.24) is 15.1 Å². The molecule has 0 aromatic carbocycles. The van der Waals surface area contributed by atoms with Gasteiger partial charge in [-0.15, -0.1) is 0 Å². The molecule has 0 amide bonds. The van der Waals surface area contributed by atoms with Crippen molar-refractivity contribution in [3.05, 3.63) is 18.0 Å². The minimum Gasteiger partial charge on any atom is -0.316 e. The quantitative estimate of drug-likeness (QED) is 0.749. The summed E-state index contributed by atoms with van der Waals surface area (Å²) in [6, 6.07) is 0. The Bertz CT molecular complexity index is 263. The first-order valence-electron chi connectivity index (χ1n) is 5.10. The third-order valence-electron chi connectivity index (χ3n) is 2.54. The number of nitrogens with zero attached hydrogens (tertiary/aromatic N) is 2. The van der Waals surface area contributed by atoms with Gasteiger partial charge in [-0.2, -0.15) is 5.10 Å². The third-order valence-corrected chi connectivity index (χ3v) is 2.54. The SMILES string of the molecule is CCCc1cnn(CC2CNC2)c1. The second kappa shape index (κ2) is 3.92. The van der Waals surface area contributed by atoms with E-state index in [2.05, 4.69) is 28.2 Å². The summed E-state index contributed by atoms with van der Waals surface area (Å²) in [4.78, 5) is 0. The van der Waals surface area contributed by atoms with Crippen molar-refractivity contribution in [2.24, 2.45) is 5.92 Å². The molecule has 3 heteroatoms. The van der Waals surface area contributed by atoms with Gasteiger partial charge in [0, 0.05) is 31.7 Å². The van der Waals surface area contributed by atoms with E-state index in [9.17, 15) is 0 Å². The molecule has 0 atom stereocenters. The van der Waals surface area contributed by atoms with Gasteiger partial charge in [-0.1, -0.05) is 13.3 Å². The Morgan fingerprint density at radius 1 is 1.62 bits per heavy atom. The summed E-state index contributed by atoms with van der Waals surface area (Å²) < 4.78 is 2.08. The second-order valence-electron chi connectivity index (χ2n) is 3.84. The van der Waals surface area contributed by atoms with Crippen LogP contribution >= 0.6 is 0 Å². The van der Waals surface area contributed by atoms with Gasteiger partial charge < -0.3 is 5.32 Å². The van der Waals surface area contributed by atoms with Crippen LogP contribution in [0.4, 0.5) is 0 Å². The Hall–Kier alpha value is -0.830. The van der Waals surface area contributed by atoms with Crippen LogP contribution in [-0.2, 0) is 13.0 Å². The van der Waals surface area contributed by atoms with Gasteiger partial charge in [0.05, 0.1) is 6.20 Å². The summed E-state index contributed by atoms with van der Waals surface area (Å²) in [7, 11) is 0. The fraction of sp³-hybridized carbons (Fsp3) is 0.700. The summed E-state index contributed by atoms with van der Waals surface area (Å²) in [5.74, 6) is 0.800. The van der Waals surface area contributed by atoms with Gasteiger partial charge in [-0.25, -0.2) is 0 Å². The lowest BCUT2D eigenvalue weighted by Crippen LogP contribution is -2.44. The van der Waals surface area contributed by atoms with E-state index in [1.807, 2.05) is 6.20 Å². The maximum Gasteiger partial charge on any atom is 0.0521 e. The van der Waals surface area contributed by atoms with E-state index in [1.165, 1.54) is 12.0 Å². The van der Waals surface area contributed by atoms with Gasteiger partial charge in [0.15, 0.2) is 0 Å².